The zero-order valence-corrected chi connectivity index (χ0v) is 15.1. The van der Waals surface area contributed by atoms with Crippen molar-refractivity contribution in [1.29, 1.82) is 0 Å². The van der Waals surface area contributed by atoms with Gasteiger partial charge >= 0.3 is 0 Å². The SMILES string of the molecule is Cc1cccc(NC(=O)c2cccnc2SCc2ccnc(Cl)c2)c1. The Labute approximate surface area is 155 Å². The molecule has 1 aromatic carbocycles. The summed E-state index contributed by atoms with van der Waals surface area (Å²) in [5, 5.41) is 4.06. The van der Waals surface area contributed by atoms with Gasteiger partial charge in [0.05, 0.1) is 5.56 Å². The average Bonchev–Trinajstić information content (AvgIpc) is 2.60. The number of nitrogens with zero attached hydrogens (tertiary/aromatic N) is 2. The van der Waals surface area contributed by atoms with E-state index < -0.39 is 0 Å². The van der Waals surface area contributed by atoms with Gasteiger partial charge in [-0.15, -0.1) is 11.8 Å². The number of nitrogens with one attached hydrogen (secondary N) is 1. The number of thioether (sulfide) groups is 1. The summed E-state index contributed by atoms with van der Waals surface area (Å²) in [6.07, 6.45) is 3.35. The summed E-state index contributed by atoms with van der Waals surface area (Å²) in [7, 11) is 0. The van der Waals surface area contributed by atoms with Crippen molar-refractivity contribution in [3.05, 3.63) is 82.8 Å². The number of amides is 1. The van der Waals surface area contributed by atoms with Crippen LogP contribution in [0.2, 0.25) is 5.15 Å². The van der Waals surface area contributed by atoms with Gasteiger partial charge in [-0.1, -0.05) is 23.7 Å². The Balaban J connectivity index is 1.75. The first kappa shape index (κ1) is 17.5. The molecular formula is C19H16ClN3OS. The summed E-state index contributed by atoms with van der Waals surface area (Å²) >= 11 is 7.40. The Morgan fingerprint density at radius 1 is 1.12 bits per heavy atom. The van der Waals surface area contributed by atoms with Gasteiger partial charge in [0, 0.05) is 23.8 Å². The molecule has 0 spiro atoms. The smallest absolute Gasteiger partial charge is 0.258 e. The van der Waals surface area contributed by atoms with E-state index in [1.807, 2.05) is 43.3 Å². The molecule has 2 heterocycles. The molecule has 0 saturated heterocycles. The summed E-state index contributed by atoms with van der Waals surface area (Å²) in [5.74, 6) is 0.484. The van der Waals surface area contributed by atoms with Crippen LogP contribution in [0.5, 0.6) is 0 Å². The lowest BCUT2D eigenvalue weighted by molar-refractivity contribution is 0.102. The third-order valence-corrected chi connectivity index (χ3v) is 4.74. The highest BCUT2D eigenvalue weighted by Gasteiger charge is 2.13. The highest BCUT2D eigenvalue weighted by molar-refractivity contribution is 7.98. The van der Waals surface area contributed by atoms with Crippen molar-refractivity contribution in [2.45, 2.75) is 17.7 Å². The summed E-state index contributed by atoms with van der Waals surface area (Å²) < 4.78 is 0. The van der Waals surface area contributed by atoms with Crippen molar-refractivity contribution in [3.8, 4) is 0 Å². The Morgan fingerprint density at radius 3 is 2.80 bits per heavy atom. The number of carbonyl (C=O) groups excluding carboxylic acids is 1. The van der Waals surface area contributed by atoms with Gasteiger partial charge < -0.3 is 5.32 Å². The van der Waals surface area contributed by atoms with Gasteiger partial charge in [0.25, 0.3) is 5.91 Å². The number of pyridine rings is 2. The number of carbonyl (C=O) groups is 1. The molecule has 126 valence electrons. The largest absolute Gasteiger partial charge is 0.322 e. The van der Waals surface area contributed by atoms with E-state index in [1.165, 1.54) is 11.8 Å². The molecule has 1 amide bonds. The van der Waals surface area contributed by atoms with Gasteiger partial charge in [-0.05, 0) is 54.4 Å². The van der Waals surface area contributed by atoms with Gasteiger partial charge in [0.2, 0.25) is 0 Å². The third kappa shape index (κ3) is 4.81. The fourth-order valence-electron chi connectivity index (χ4n) is 2.28. The maximum absolute atomic E-state index is 12.6. The van der Waals surface area contributed by atoms with E-state index in [1.54, 1.807) is 24.5 Å². The molecule has 0 aliphatic rings. The minimum atomic E-state index is -0.172. The monoisotopic (exact) mass is 369 g/mol. The molecule has 4 nitrogen and oxygen atoms in total. The van der Waals surface area contributed by atoms with E-state index in [0.29, 0.717) is 21.5 Å². The highest BCUT2D eigenvalue weighted by Crippen LogP contribution is 2.25. The van der Waals surface area contributed by atoms with Crippen molar-refractivity contribution < 1.29 is 4.79 Å². The quantitative estimate of drug-likeness (QED) is 0.509. The lowest BCUT2D eigenvalue weighted by atomic mass is 10.2. The fraction of sp³-hybridized carbons (Fsp3) is 0.105. The zero-order chi connectivity index (χ0) is 17.6. The van der Waals surface area contributed by atoms with Crippen LogP contribution >= 0.6 is 23.4 Å². The fourth-order valence-corrected chi connectivity index (χ4v) is 3.42. The molecule has 3 aromatic rings. The molecule has 6 heteroatoms. The normalized spacial score (nSPS) is 10.5. The Kier molecular flexibility index (Phi) is 5.68. The number of aryl methyl sites for hydroxylation is 1. The van der Waals surface area contributed by atoms with Crippen LogP contribution in [-0.4, -0.2) is 15.9 Å². The van der Waals surface area contributed by atoms with Crippen molar-refractivity contribution >= 4 is 35.0 Å². The van der Waals surface area contributed by atoms with Gasteiger partial charge in [0.1, 0.15) is 10.2 Å². The van der Waals surface area contributed by atoms with E-state index in [2.05, 4.69) is 15.3 Å². The minimum Gasteiger partial charge on any atom is -0.322 e. The second kappa shape index (κ2) is 8.14. The van der Waals surface area contributed by atoms with Crippen LogP contribution in [0.3, 0.4) is 0 Å². The number of rotatable bonds is 5. The van der Waals surface area contributed by atoms with Gasteiger partial charge in [-0.25, -0.2) is 9.97 Å². The van der Waals surface area contributed by atoms with Gasteiger partial charge in [-0.3, -0.25) is 4.79 Å². The molecule has 2 aromatic heterocycles. The summed E-state index contributed by atoms with van der Waals surface area (Å²) in [4.78, 5) is 20.9. The molecular weight excluding hydrogens is 354 g/mol. The number of benzene rings is 1. The summed E-state index contributed by atoms with van der Waals surface area (Å²) in [6, 6.07) is 14.9. The maximum Gasteiger partial charge on any atom is 0.258 e. The summed E-state index contributed by atoms with van der Waals surface area (Å²) in [5.41, 5.74) is 3.44. The first-order valence-electron chi connectivity index (χ1n) is 7.68. The minimum absolute atomic E-state index is 0.172. The topological polar surface area (TPSA) is 54.9 Å². The number of halogens is 1. The zero-order valence-electron chi connectivity index (χ0n) is 13.6. The van der Waals surface area contributed by atoms with Crippen LogP contribution in [-0.2, 0) is 5.75 Å². The van der Waals surface area contributed by atoms with Crippen molar-refractivity contribution in [1.82, 2.24) is 9.97 Å². The molecule has 25 heavy (non-hydrogen) atoms. The van der Waals surface area contributed by atoms with Crippen LogP contribution in [0.1, 0.15) is 21.5 Å². The van der Waals surface area contributed by atoms with Crippen molar-refractivity contribution in [3.63, 3.8) is 0 Å². The Hall–Kier alpha value is -2.37. The molecule has 0 bridgehead atoms. The lowest BCUT2D eigenvalue weighted by Gasteiger charge is -2.09. The third-order valence-electron chi connectivity index (χ3n) is 3.46. The van der Waals surface area contributed by atoms with Crippen molar-refractivity contribution in [2.75, 3.05) is 5.32 Å². The first-order valence-corrected chi connectivity index (χ1v) is 9.04. The predicted molar refractivity (Wildman–Crippen MR) is 102 cm³/mol. The van der Waals surface area contributed by atoms with Crippen LogP contribution in [0, 0.1) is 6.92 Å². The molecule has 3 rings (SSSR count). The molecule has 0 fully saturated rings. The number of aromatic nitrogens is 2. The first-order chi connectivity index (χ1) is 12.1. The summed E-state index contributed by atoms with van der Waals surface area (Å²) in [6.45, 7) is 1.99. The molecule has 0 saturated carbocycles. The molecule has 0 unspecified atom stereocenters. The van der Waals surface area contributed by atoms with E-state index in [0.717, 1.165) is 16.8 Å². The molecule has 0 aliphatic heterocycles. The highest BCUT2D eigenvalue weighted by atomic mass is 35.5. The van der Waals surface area contributed by atoms with E-state index in [-0.39, 0.29) is 5.91 Å². The van der Waals surface area contributed by atoms with Crippen LogP contribution in [0.4, 0.5) is 5.69 Å². The van der Waals surface area contributed by atoms with Crippen LogP contribution in [0.25, 0.3) is 0 Å². The average molecular weight is 370 g/mol. The maximum atomic E-state index is 12.6. The standard InChI is InChI=1S/C19H16ClN3OS/c1-13-4-2-5-15(10-13)23-18(24)16-6-3-8-22-19(16)25-12-14-7-9-21-17(20)11-14/h2-11H,12H2,1H3,(H,23,24). The van der Waals surface area contributed by atoms with Gasteiger partial charge in [-0.2, -0.15) is 0 Å². The number of hydrogen-bond acceptors (Lipinski definition) is 4. The second-order valence-electron chi connectivity index (χ2n) is 5.46. The molecule has 0 atom stereocenters. The number of hydrogen-bond donors (Lipinski definition) is 1. The van der Waals surface area contributed by atoms with Crippen LogP contribution in [0.15, 0.2) is 66.0 Å². The predicted octanol–water partition coefficient (Wildman–Crippen LogP) is 4.98. The Bertz CT molecular complexity index is 901. The molecule has 1 N–H and O–H groups in total. The van der Waals surface area contributed by atoms with Crippen LogP contribution < -0.4 is 5.32 Å². The number of anilines is 1. The molecule has 0 aliphatic carbocycles. The van der Waals surface area contributed by atoms with E-state index >= 15 is 0 Å². The van der Waals surface area contributed by atoms with E-state index in [4.69, 9.17) is 11.6 Å². The lowest BCUT2D eigenvalue weighted by Crippen LogP contribution is -2.13. The van der Waals surface area contributed by atoms with Gasteiger partial charge in [0.15, 0.2) is 0 Å². The molecule has 0 radical (unpaired) electrons. The van der Waals surface area contributed by atoms with Crippen molar-refractivity contribution in [2.24, 2.45) is 0 Å². The second-order valence-corrected chi connectivity index (χ2v) is 6.81. The van der Waals surface area contributed by atoms with E-state index in [9.17, 15) is 4.79 Å². The Morgan fingerprint density at radius 2 is 2.00 bits per heavy atom.